The van der Waals surface area contributed by atoms with Crippen molar-refractivity contribution < 1.29 is 12.8 Å². The normalized spacial score (nSPS) is 14.5. The first-order valence-corrected chi connectivity index (χ1v) is 6.65. The molecule has 1 rings (SSSR count). The molecule has 0 aliphatic heterocycles. The van der Waals surface area contributed by atoms with E-state index in [0.29, 0.717) is 0 Å². The second kappa shape index (κ2) is 5.63. The quantitative estimate of drug-likeness (QED) is 0.798. The van der Waals surface area contributed by atoms with Crippen LogP contribution in [0.15, 0.2) is 22.8 Å². The molecule has 1 unspecified atom stereocenters. The molecule has 1 aromatic heterocycles. The molecule has 0 fully saturated rings. The van der Waals surface area contributed by atoms with Crippen molar-refractivity contribution in [1.82, 2.24) is 13.9 Å². The van der Waals surface area contributed by atoms with Crippen LogP contribution in [0.4, 0.5) is 0 Å². The van der Waals surface area contributed by atoms with Gasteiger partial charge in [0.1, 0.15) is 5.76 Å². The minimum Gasteiger partial charge on any atom is -0.468 e. The molecule has 0 saturated heterocycles. The minimum atomic E-state index is -3.40. The second-order valence-electron chi connectivity index (χ2n) is 4.13. The SMILES string of the molecule is CN(C)C(CNS(=O)(=O)N(C)C)c1ccco1. The Hall–Kier alpha value is -0.890. The lowest BCUT2D eigenvalue weighted by Gasteiger charge is -2.23. The highest BCUT2D eigenvalue weighted by Crippen LogP contribution is 2.17. The van der Waals surface area contributed by atoms with Gasteiger partial charge in [0.05, 0.1) is 12.3 Å². The van der Waals surface area contributed by atoms with Crippen molar-refractivity contribution >= 4 is 10.2 Å². The van der Waals surface area contributed by atoms with E-state index in [1.165, 1.54) is 14.1 Å². The van der Waals surface area contributed by atoms with Crippen LogP contribution in [0.3, 0.4) is 0 Å². The van der Waals surface area contributed by atoms with Crippen LogP contribution < -0.4 is 4.72 Å². The van der Waals surface area contributed by atoms with Crippen molar-refractivity contribution in [1.29, 1.82) is 0 Å². The predicted octanol–water partition coefficient (Wildman–Crippen LogP) is 0.278. The smallest absolute Gasteiger partial charge is 0.278 e. The van der Waals surface area contributed by atoms with E-state index in [4.69, 9.17) is 4.42 Å². The molecule has 7 heteroatoms. The third kappa shape index (κ3) is 3.81. The number of rotatable bonds is 6. The van der Waals surface area contributed by atoms with Crippen molar-refractivity contribution in [3.05, 3.63) is 24.2 Å². The molecule has 1 atom stereocenters. The van der Waals surface area contributed by atoms with E-state index in [1.54, 1.807) is 12.3 Å². The maximum absolute atomic E-state index is 11.6. The fourth-order valence-corrected chi connectivity index (χ4v) is 1.96. The zero-order chi connectivity index (χ0) is 13.1. The van der Waals surface area contributed by atoms with Gasteiger partial charge in [-0.2, -0.15) is 12.7 Å². The molecule has 0 aromatic carbocycles. The summed E-state index contributed by atoms with van der Waals surface area (Å²) in [6.45, 7) is 0.265. The molecule has 17 heavy (non-hydrogen) atoms. The Morgan fingerprint density at radius 2 is 2.00 bits per heavy atom. The standard InChI is InChI=1S/C10H19N3O3S/c1-12(2)9(10-6-5-7-16-10)8-11-17(14,15)13(3)4/h5-7,9,11H,8H2,1-4H3. The predicted molar refractivity (Wildman–Crippen MR) is 65.7 cm³/mol. The van der Waals surface area contributed by atoms with Crippen LogP contribution in [-0.4, -0.2) is 52.4 Å². The summed E-state index contributed by atoms with van der Waals surface area (Å²) in [5.41, 5.74) is 0. The van der Waals surface area contributed by atoms with E-state index in [2.05, 4.69) is 4.72 Å². The summed E-state index contributed by atoms with van der Waals surface area (Å²) in [6, 6.07) is 3.49. The van der Waals surface area contributed by atoms with Crippen molar-refractivity contribution in [3.63, 3.8) is 0 Å². The fraction of sp³-hybridized carbons (Fsp3) is 0.600. The maximum Gasteiger partial charge on any atom is 0.278 e. The van der Waals surface area contributed by atoms with Gasteiger partial charge in [-0.1, -0.05) is 0 Å². The Kier molecular flexibility index (Phi) is 4.70. The monoisotopic (exact) mass is 261 g/mol. The largest absolute Gasteiger partial charge is 0.468 e. The Labute approximate surface area is 102 Å². The molecule has 0 bridgehead atoms. The number of hydrogen-bond acceptors (Lipinski definition) is 4. The lowest BCUT2D eigenvalue weighted by molar-refractivity contribution is 0.258. The molecule has 0 aliphatic carbocycles. The van der Waals surface area contributed by atoms with E-state index in [-0.39, 0.29) is 12.6 Å². The van der Waals surface area contributed by atoms with Crippen LogP contribution in [-0.2, 0) is 10.2 Å². The Bertz CT molecular complexity index is 426. The van der Waals surface area contributed by atoms with E-state index >= 15 is 0 Å². The summed E-state index contributed by atoms with van der Waals surface area (Å²) in [5.74, 6) is 0.733. The van der Waals surface area contributed by atoms with Gasteiger partial charge >= 0.3 is 0 Å². The molecule has 0 spiro atoms. The number of nitrogens with one attached hydrogen (secondary N) is 1. The molecule has 0 amide bonds. The molecule has 1 heterocycles. The summed E-state index contributed by atoms with van der Waals surface area (Å²) >= 11 is 0. The first-order chi connectivity index (χ1) is 7.84. The zero-order valence-corrected chi connectivity index (χ0v) is 11.4. The van der Waals surface area contributed by atoms with Gasteiger partial charge in [-0.25, -0.2) is 4.72 Å². The minimum absolute atomic E-state index is 0.125. The summed E-state index contributed by atoms with van der Waals surface area (Å²) in [6.07, 6.45) is 1.58. The van der Waals surface area contributed by atoms with E-state index in [1.807, 2.05) is 25.1 Å². The van der Waals surface area contributed by atoms with Crippen LogP contribution in [0.1, 0.15) is 11.8 Å². The fourth-order valence-electron chi connectivity index (χ4n) is 1.33. The van der Waals surface area contributed by atoms with Crippen LogP contribution in [0.2, 0.25) is 0 Å². The number of likely N-dealkylation sites (N-methyl/N-ethyl adjacent to an activating group) is 1. The van der Waals surface area contributed by atoms with Crippen LogP contribution in [0, 0.1) is 0 Å². The van der Waals surface area contributed by atoms with Crippen molar-refractivity contribution in [2.75, 3.05) is 34.7 Å². The molecular formula is C10H19N3O3S. The average molecular weight is 261 g/mol. The van der Waals surface area contributed by atoms with Gasteiger partial charge < -0.3 is 4.42 Å². The van der Waals surface area contributed by atoms with Gasteiger partial charge in [0.25, 0.3) is 10.2 Å². The van der Waals surface area contributed by atoms with Gasteiger partial charge in [0.2, 0.25) is 0 Å². The summed E-state index contributed by atoms with van der Waals surface area (Å²) < 4.78 is 32.1. The third-order valence-electron chi connectivity index (χ3n) is 2.43. The van der Waals surface area contributed by atoms with E-state index in [0.717, 1.165) is 10.1 Å². The molecule has 1 N–H and O–H groups in total. The highest BCUT2D eigenvalue weighted by molar-refractivity contribution is 7.87. The van der Waals surface area contributed by atoms with E-state index in [9.17, 15) is 8.42 Å². The average Bonchev–Trinajstić information content (AvgIpc) is 2.70. The molecule has 0 aliphatic rings. The molecule has 6 nitrogen and oxygen atoms in total. The van der Waals surface area contributed by atoms with Crippen molar-refractivity contribution in [2.45, 2.75) is 6.04 Å². The van der Waals surface area contributed by atoms with Crippen molar-refractivity contribution in [3.8, 4) is 0 Å². The highest BCUT2D eigenvalue weighted by Gasteiger charge is 2.21. The third-order valence-corrected chi connectivity index (χ3v) is 3.93. The summed E-state index contributed by atoms with van der Waals surface area (Å²) in [4.78, 5) is 1.90. The first kappa shape index (κ1) is 14.2. The van der Waals surface area contributed by atoms with Crippen LogP contribution in [0.25, 0.3) is 0 Å². The van der Waals surface area contributed by atoms with Crippen LogP contribution >= 0.6 is 0 Å². The maximum atomic E-state index is 11.6. The molecular weight excluding hydrogens is 242 g/mol. The van der Waals surface area contributed by atoms with Gasteiger partial charge in [-0.15, -0.1) is 0 Å². The summed E-state index contributed by atoms with van der Waals surface area (Å²) in [7, 11) is 3.31. The number of nitrogens with zero attached hydrogens (tertiary/aromatic N) is 2. The first-order valence-electron chi connectivity index (χ1n) is 5.21. The topological polar surface area (TPSA) is 65.8 Å². The van der Waals surface area contributed by atoms with Crippen LogP contribution in [0.5, 0.6) is 0 Å². The lowest BCUT2D eigenvalue weighted by atomic mass is 10.2. The Morgan fingerprint density at radius 3 is 2.41 bits per heavy atom. The van der Waals surface area contributed by atoms with Gasteiger partial charge in [0, 0.05) is 20.6 Å². The number of hydrogen-bond donors (Lipinski definition) is 1. The van der Waals surface area contributed by atoms with Gasteiger partial charge in [-0.05, 0) is 26.2 Å². The Balaban J connectivity index is 2.71. The molecule has 98 valence electrons. The zero-order valence-electron chi connectivity index (χ0n) is 10.5. The van der Waals surface area contributed by atoms with E-state index < -0.39 is 10.2 Å². The summed E-state index contributed by atoms with van der Waals surface area (Å²) in [5, 5.41) is 0. The Morgan fingerprint density at radius 1 is 1.35 bits per heavy atom. The molecule has 0 saturated carbocycles. The van der Waals surface area contributed by atoms with Gasteiger partial charge in [0.15, 0.2) is 0 Å². The second-order valence-corrected chi connectivity index (χ2v) is 6.10. The van der Waals surface area contributed by atoms with Crippen molar-refractivity contribution in [2.24, 2.45) is 0 Å². The number of furan rings is 1. The highest BCUT2D eigenvalue weighted by atomic mass is 32.2. The lowest BCUT2D eigenvalue weighted by Crippen LogP contribution is -2.40. The molecule has 1 aromatic rings. The van der Waals surface area contributed by atoms with Gasteiger partial charge in [-0.3, -0.25) is 4.90 Å². The molecule has 0 radical (unpaired) electrons.